The van der Waals surface area contributed by atoms with Crippen LogP contribution in [0.3, 0.4) is 0 Å². The van der Waals surface area contributed by atoms with Crippen LogP contribution < -0.4 is 5.32 Å². The lowest BCUT2D eigenvalue weighted by molar-refractivity contribution is -0.140. The molecule has 1 fully saturated rings. The predicted octanol–water partition coefficient (Wildman–Crippen LogP) is 1.95. The van der Waals surface area contributed by atoms with E-state index in [1.807, 2.05) is 13.8 Å². The predicted molar refractivity (Wildman–Crippen MR) is 73.8 cm³/mol. The lowest BCUT2D eigenvalue weighted by Gasteiger charge is -2.26. The molecule has 1 aliphatic heterocycles. The number of hydrogen-bond donors (Lipinski definition) is 2. The SMILES string of the molecule is CCC1CCCN(CC(NC(C)C)C(=O)O)CC1. The fourth-order valence-corrected chi connectivity index (χ4v) is 2.68. The van der Waals surface area contributed by atoms with Gasteiger partial charge in [-0.3, -0.25) is 4.79 Å². The summed E-state index contributed by atoms with van der Waals surface area (Å²) in [7, 11) is 0. The summed E-state index contributed by atoms with van der Waals surface area (Å²) in [6, 6.07) is -0.232. The second-order valence-corrected chi connectivity index (χ2v) is 5.72. The average Bonchev–Trinajstić information content (AvgIpc) is 2.52. The van der Waals surface area contributed by atoms with E-state index in [0.717, 1.165) is 19.0 Å². The molecule has 0 aromatic rings. The molecule has 0 bridgehead atoms. The Balaban J connectivity index is 2.45. The van der Waals surface area contributed by atoms with Crippen molar-refractivity contribution >= 4 is 5.97 Å². The van der Waals surface area contributed by atoms with Gasteiger partial charge in [0, 0.05) is 12.6 Å². The van der Waals surface area contributed by atoms with Crippen molar-refractivity contribution in [1.82, 2.24) is 10.2 Å². The molecule has 0 saturated carbocycles. The topological polar surface area (TPSA) is 52.6 Å². The largest absolute Gasteiger partial charge is 0.480 e. The minimum absolute atomic E-state index is 0.210. The molecule has 1 heterocycles. The van der Waals surface area contributed by atoms with Gasteiger partial charge in [-0.15, -0.1) is 0 Å². The van der Waals surface area contributed by atoms with E-state index in [2.05, 4.69) is 17.1 Å². The first-order valence-electron chi connectivity index (χ1n) is 7.24. The van der Waals surface area contributed by atoms with E-state index in [4.69, 9.17) is 0 Å². The summed E-state index contributed by atoms with van der Waals surface area (Å²) in [5, 5.41) is 12.4. The van der Waals surface area contributed by atoms with Crippen molar-refractivity contribution < 1.29 is 9.90 Å². The number of rotatable bonds is 6. The van der Waals surface area contributed by atoms with E-state index < -0.39 is 12.0 Å². The van der Waals surface area contributed by atoms with Crippen LogP contribution in [0.2, 0.25) is 0 Å². The number of likely N-dealkylation sites (tertiary alicyclic amines) is 1. The van der Waals surface area contributed by atoms with Gasteiger partial charge in [0.1, 0.15) is 6.04 Å². The van der Waals surface area contributed by atoms with Crippen molar-refractivity contribution in [3.8, 4) is 0 Å². The van der Waals surface area contributed by atoms with Gasteiger partial charge >= 0.3 is 5.97 Å². The Morgan fingerprint density at radius 3 is 2.67 bits per heavy atom. The zero-order chi connectivity index (χ0) is 13.5. The Bertz CT molecular complexity index is 256. The van der Waals surface area contributed by atoms with Gasteiger partial charge < -0.3 is 15.3 Å². The minimum atomic E-state index is -0.736. The molecule has 0 spiro atoms. The molecule has 0 radical (unpaired) electrons. The van der Waals surface area contributed by atoms with Crippen LogP contribution in [0.5, 0.6) is 0 Å². The number of aliphatic carboxylic acids is 1. The third-order valence-corrected chi connectivity index (χ3v) is 3.79. The van der Waals surface area contributed by atoms with E-state index in [0.29, 0.717) is 6.54 Å². The van der Waals surface area contributed by atoms with Crippen LogP contribution in [0.4, 0.5) is 0 Å². The number of hydrogen-bond acceptors (Lipinski definition) is 3. The van der Waals surface area contributed by atoms with Crippen molar-refractivity contribution in [2.24, 2.45) is 5.92 Å². The van der Waals surface area contributed by atoms with Crippen LogP contribution in [0.25, 0.3) is 0 Å². The summed E-state index contributed by atoms with van der Waals surface area (Å²) in [5.74, 6) is 0.0938. The molecule has 4 nitrogen and oxygen atoms in total. The maximum absolute atomic E-state index is 11.2. The van der Waals surface area contributed by atoms with Crippen LogP contribution >= 0.6 is 0 Å². The molecule has 18 heavy (non-hydrogen) atoms. The Morgan fingerprint density at radius 2 is 2.11 bits per heavy atom. The molecule has 0 aromatic heterocycles. The highest BCUT2D eigenvalue weighted by Gasteiger charge is 2.23. The summed E-state index contributed by atoms with van der Waals surface area (Å²) in [5.41, 5.74) is 0. The molecule has 1 aliphatic rings. The van der Waals surface area contributed by atoms with E-state index in [1.54, 1.807) is 0 Å². The zero-order valence-electron chi connectivity index (χ0n) is 12.0. The number of carboxylic acids is 1. The van der Waals surface area contributed by atoms with Crippen LogP contribution in [0, 0.1) is 5.92 Å². The lowest BCUT2D eigenvalue weighted by atomic mass is 9.98. The number of carboxylic acid groups (broad SMARTS) is 1. The van der Waals surface area contributed by atoms with Gasteiger partial charge in [-0.1, -0.05) is 27.2 Å². The maximum Gasteiger partial charge on any atom is 0.322 e. The maximum atomic E-state index is 11.2. The van der Waals surface area contributed by atoms with Crippen LogP contribution in [-0.4, -0.2) is 47.7 Å². The highest BCUT2D eigenvalue weighted by molar-refractivity contribution is 5.73. The van der Waals surface area contributed by atoms with Crippen LogP contribution in [0.15, 0.2) is 0 Å². The zero-order valence-corrected chi connectivity index (χ0v) is 12.0. The first-order valence-corrected chi connectivity index (χ1v) is 7.24. The van der Waals surface area contributed by atoms with Gasteiger partial charge in [0.25, 0.3) is 0 Å². The normalized spacial score (nSPS) is 23.9. The van der Waals surface area contributed by atoms with Gasteiger partial charge in [0.2, 0.25) is 0 Å². The van der Waals surface area contributed by atoms with Crippen molar-refractivity contribution in [3.63, 3.8) is 0 Å². The molecule has 0 aliphatic carbocycles. The Hall–Kier alpha value is -0.610. The molecule has 2 atom stereocenters. The van der Waals surface area contributed by atoms with Gasteiger partial charge in [-0.2, -0.15) is 0 Å². The second-order valence-electron chi connectivity index (χ2n) is 5.72. The van der Waals surface area contributed by atoms with Crippen LogP contribution in [-0.2, 0) is 4.79 Å². The molecular formula is C14H28N2O2. The number of nitrogens with zero attached hydrogens (tertiary/aromatic N) is 1. The van der Waals surface area contributed by atoms with Crippen molar-refractivity contribution in [2.75, 3.05) is 19.6 Å². The molecule has 106 valence electrons. The Kier molecular flexibility index (Phi) is 6.65. The number of nitrogens with one attached hydrogen (secondary N) is 1. The van der Waals surface area contributed by atoms with Gasteiger partial charge in [0.15, 0.2) is 0 Å². The lowest BCUT2D eigenvalue weighted by Crippen LogP contribution is -2.48. The van der Waals surface area contributed by atoms with E-state index in [-0.39, 0.29) is 6.04 Å². The Morgan fingerprint density at radius 1 is 1.39 bits per heavy atom. The highest BCUT2D eigenvalue weighted by atomic mass is 16.4. The third kappa shape index (κ3) is 5.36. The van der Waals surface area contributed by atoms with Gasteiger partial charge in [-0.05, 0) is 38.3 Å². The van der Waals surface area contributed by atoms with Crippen molar-refractivity contribution in [1.29, 1.82) is 0 Å². The first-order chi connectivity index (χ1) is 8.52. The summed E-state index contributed by atoms with van der Waals surface area (Å²) in [6.45, 7) is 8.95. The average molecular weight is 256 g/mol. The van der Waals surface area contributed by atoms with E-state index >= 15 is 0 Å². The standard InChI is InChI=1S/C14H28N2O2/c1-4-12-6-5-8-16(9-7-12)10-13(14(17)18)15-11(2)3/h11-13,15H,4-10H2,1-3H3,(H,17,18). The fourth-order valence-electron chi connectivity index (χ4n) is 2.68. The van der Waals surface area contributed by atoms with E-state index in [9.17, 15) is 9.90 Å². The van der Waals surface area contributed by atoms with E-state index in [1.165, 1.54) is 25.7 Å². The first kappa shape index (κ1) is 15.4. The molecule has 2 N–H and O–H groups in total. The molecule has 2 unspecified atom stereocenters. The molecule has 1 rings (SSSR count). The molecule has 1 saturated heterocycles. The smallest absolute Gasteiger partial charge is 0.322 e. The summed E-state index contributed by atoms with van der Waals surface area (Å²) in [6.07, 6.45) is 4.96. The molecule has 0 amide bonds. The molecular weight excluding hydrogens is 228 g/mol. The van der Waals surface area contributed by atoms with Crippen LogP contribution in [0.1, 0.15) is 46.5 Å². The van der Waals surface area contributed by atoms with Crippen molar-refractivity contribution in [2.45, 2.75) is 58.5 Å². The quantitative estimate of drug-likeness (QED) is 0.762. The fraction of sp³-hybridized carbons (Fsp3) is 0.929. The summed E-state index contributed by atoms with van der Waals surface area (Å²) >= 11 is 0. The third-order valence-electron chi connectivity index (χ3n) is 3.79. The molecule has 4 heteroatoms. The summed E-state index contributed by atoms with van der Waals surface area (Å²) in [4.78, 5) is 13.5. The summed E-state index contributed by atoms with van der Waals surface area (Å²) < 4.78 is 0. The number of carbonyl (C=O) groups is 1. The minimum Gasteiger partial charge on any atom is -0.480 e. The van der Waals surface area contributed by atoms with Crippen molar-refractivity contribution in [3.05, 3.63) is 0 Å². The molecule has 0 aromatic carbocycles. The monoisotopic (exact) mass is 256 g/mol. The second kappa shape index (κ2) is 7.74. The van der Waals surface area contributed by atoms with Gasteiger partial charge in [0.05, 0.1) is 0 Å². The Labute approximate surface area is 111 Å². The van der Waals surface area contributed by atoms with Gasteiger partial charge in [-0.25, -0.2) is 0 Å². The highest BCUT2D eigenvalue weighted by Crippen LogP contribution is 2.20.